The van der Waals surface area contributed by atoms with E-state index in [-0.39, 0.29) is 6.61 Å². The molecule has 0 heterocycles. The van der Waals surface area contributed by atoms with Crippen molar-refractivity contribution in [2.45, 2.75) is 0 Å². The third-order valence-electron chi connectivity index (χ3n) is 1.81. The second kappa shape index (κ2) is 4.51. The first kappa shape index (κ1) is 9.59. The minimum atomic E-state index is -0.0458. The summed E-state index contributed by atoms with van der Waals surface area (Å²) in [4.78, 5) is 0. The number of hydrogen-bond donors (Lipinski definition) is 1. The van der Waals surface area contributed by atoms with Gasteiger partial charge in [0.1, 0.15) is 5.75 Å². The molecule has 13 heavy (non-hydrogen) atoms. The predicted octanol–water partition coefficient (Wildman–Crippen LogP) is 1.86. The SMILES string of the molecule is C=C=C(CO)c1ccc(OC)cc1. The molecular formula is C11H12O2. The van der Waals surface area contributed by atoms with Gasteiger partial charge in [0.25, 0.3) is 0 Å². The van der Waals surface area contributed by atoms with E-state index in [2.05, 4.69) is 12.3 Å². The summed E-state index contributed by atoms with van der Waals surface area (Å²) in [5.74, 6) is 0.796. The quantitative estimate of drug-likeness (QED) is 0.712. The topological polar surface area (TPSA) is 29.5 Å². The van der Waals surface area contributed by atoms with Crippen LogP contribution in [0.5, 0.6) is 5.75 Å². The maximum Gasteiger partial charge on any atom is 0.118 e. The molecular weight excluding hydrogens is 164 g/mol. The van der Waals surface area contributed by atoms with Gasteiger partial charge >= 0.3 is 0 Å². The molecule has 0 atom stereocenters. The Labute approximate surface area is 77.8 Å². The molecule has 68 valence electrons. The number of ether oxygens (including phenoxy) is 1. The zero-order valence-electron chi connectivity index (χ0n) is 7.58. The summed E-state index contributed by atoms with van der Waals surface area (Å²) in [6.45, 7) is 3.45. The molecule has 0 saturated heterocycles. The van der Waals surface area contributed by atoms with Gasteiger partial charge < -0.3 is 9.84 Å². The van der Waals surface area contributed by atoms with E-state index in [1.807, 2.05) is 24.3 Å². The first-order valence-corrected chi connectivity index (χ1v) is 3.96. The van der Waals surface area contributed by atoms with Gasteiger partial charge in [-0.1, -0.05) is 18.7 Å². The van der Waals surface area contributed by atoms with Crippen LogP contribution in [0.1, 0.15) is 5.56 Å². The van der Waals surface area contributed by atoms with E-state index in [1.165, 1.54) is 0 Å². The molecule has 0 aromatic heterocycles. The second-order valence-corrected chi connectivity index (χ2v) is 2.54. The summed E-state index contributed by atoms with van der Waals surface area (Å²) >= 11 is 0. The highest BCUT2D eigenvalue weighted by atomic mass is 16.5. The third-order valence-corrected chi connectivity index (χ3v) is 1.81. The molecule has 1 aromatic rings. The van der Waals surface area contributed by atoms with Gasteiger partial charge in [0.15, 0.2) is 0 Å². The molecule has 1 aromatic carbocycles. The van der Waals surface area contributed by atoms with Gasteiger partial charge in [0, 0.05) is 5.57 Å². The van der Waals surface area contributed by atoms with Crippen molar-refractivity contribution in [1.29, 1.82) is 0 Å². The average Bonchev–Trinajstić information content (AvgIpc) is 2.21. The molecule has 0 amide bonds. The van der Waals surface area contributed by atoms with Crippen LogP contribution >= 0.6 is 0 Å². The van der Waals surface area contributed by atoms with Crippen molar-refractivity contribution in [2.75, 3.05) is 13.7 Å². The molecule has 1 N–H and O–H groups in total. The Morgan fingerprint density at radius 1 is 1.46 bits per heavy atom. The van der Waals surface area contributed by atoms with Gasteiger partial charge in [-0.25, -0.2) is 0 Å². The molecule has 2 heteroatoms. The molecule has 2 nitrogen and oxygen atoms in total. The Kier molecular flexibility index (Phi) is 3.32. The smallest absolute Gasteiger partial charge is 0.118 e. The lowest BCUT2D eigenvalue weighted by molar-refractivity contribution is 0.350. The summed E-state index contributed by atoms with van der Waals surface area (Å²) in [5.41, 5.74) is 4.29. The Bertz CT molecular complexity index is 318. The lowest BCUT2D eigenvalue weighted by Crippen LogP contribution is -1.89. The number of methoxy groups -OCH3 is 1. The van der Waals surface area contributed by atoms with E-state index in [4.69, 9.17) is 9.84 Å². The highest BCUT2D eigenvalue weighted by Crippen LogP contribution is 2.16. The molecule has 0 aliphatic heterocycles. The molecule has 0 fully saturated rings. The van der Waals surface area contributed by atoms with Crippen LogP contribution in [0.2, 0.25) is 0 Å². The van der Waals surface area contributed by atoms with Gasteiger partial charge in [-0.15, -0.1) is 5.73 Å². The minimum absolute atomic E-state index is 0.0458. The lowest BCUT2D eigenvalue weighted by atomic mass is 10.1. The second-order valence-electron chi connectivity index (χ2n) is 2.54. The van der Waals surface area contributed by atoms with E-state index in [1.54, 1.807) is 7.11 Å². The summed E-state index contributed by atoms with van der Waals surface area (Å²) < 4.78 is 5.01. The fourth-order valence-corrected chi connectivity index (χ4v) is 1.04. The van der Waals surface area contributed by atoms with Crippen LogP contribution in [0.15, 0.2) is 36.6 Å². The van der Waals surface area contributed by atoms with E-state index in [0.29, 0.717) is 5.57 Å². The van der Waals surface area contributed by atoms with Crippen LogP contribution in [0.4, 0.5) is 0 Å². The van der Waals surface area contributed by atoms with Crippen molar-refractivity contribution in [3.63, 3.8) is 0 Å². The third kappa shape index (κ3) is 2.22. The van der Waals surface area contributed by atoms with Gasteiger partial charge in [0.2, 0.25) is 0 Å². The molecule has 0 bridgehead atoms. The normalized spacial score (nSPS) is 9.08. The van der Waals surface area contributed by atoms with Crippen LogP contribution in [0.25, 0.3) is 5.57 Å². The Balaban J connectivity index is 2.98. The van der Waals surface area contributed by atoms with Crippen molar-refractivity contribution in [2.24, 2.45) is 0 Å². The molecule has 1 rings (SSSR count). The van der Waals surface area contributed by atoms with Crippen LogP contribution in [-0.4, -0.2) is 18.8 Å². The maximum atomic E-state index is 8.94. The fraction of sp³-hybridized carbons (Fsp3) is 0.182. The monoisotopic (exact) mass is 176 g/mol. The maximum absolute atomic E-state index is 8.94. The lowest BCUT2D eigenvalue weighted by Gasteiger charge is -2.02. The van der Waals surface area contributed by atoms with Gasteiger partial charge in [-0.3, -0.25) is 0 Å². The van der Waals surface area contributed by atoms with E-state index in [9.17, 15) is 0 Å². The Morgan fingerprint density at radius 2 is 2.08 bits per heavy atom. The van der Waals surface area contributed by atoms with Crippen LogP contribution in [-0.2, 0) is 0 Å². The largest absolute Gasteiger partial charge is 0.497 e. The molecule has 0 aliphatic rings. The van der Waals surface area contributed by atoms with Crippen LogP contribution in [0, 0.1) is 0 Å². The number of hydrogen-bond acceptors (Lipinski definition) is 2. The zero-order valence-corrected chi connectivity index (χ0v) is 7.58. The number of aliphatic hydroxyl groups is 1. The van der Waals surface area contributed by atoms with Crippen LogP contribution < -0.4 is 4.74 Å². The number of aliphatic hydroxyl groups excluding tert-OH is 1. The first-order valence-electron chi connectivity index (χ1n) is 3.96. The average molecular weight is 176 g/mol. The molecule has 0 spiro atoms. The van der Waals surface area contributed by atoms with Gasteiger partial charge in [0.05, 0.1) is 13.7 Å². The summed E-state index contributed by atoms with van der Waals surface area (Å²) in [6.07, 6.45) is 0. The zero-order chi connectivity index (χ0) is 9.68. The Hall–Kier alpha value is -1.50. The van der Waals surface area contributed by atoms with E-state index >= 15 is 0 Å². The van der Waals surface area contributed by atoms with Crippen molar-refractivity contribution in [3.8, 4) is 5.75 Å². The van der Waals surface area contributed by atoms with Crippen LogP contribution in [0.3, 0.4) is 0 Å². The molecule has 0 aliphatic carbocycles. The fourth-order valence-electron chi connectivity index (χ4n) is 1.04. The summed E-state index contributed by atoms with van der Waals surface area (Å²) in [6, 6.07) is 7.40. The van der Waals surface area contributed by atoms with Gasteiger partial charge in [-0.2, -0.15) is 0 Å². The number of benzene rings is 1. The van der Waals surface area contributed by atoms with Crippen molar-refractivity contribution >= 4 is 5.57 Å². The minimum Gasteiger partial charge on any atom is -0.497 e. The van der Waals surface area contributed by atoms with E-state index in [0.717, 1.165) is 11.3 Å². The van der Waals surface area contributed by atoms with E-state index < -0.39 is 0 Å². The number of rotatable bonds is 3. The standard InChI is InChI=1S/C11H12O2/c1-3-9(8-12)10-4-6-11(13-2)7-5-10/h4-7,12H,1,8H2,2H3. The summed E-state index contributed by atoms with van der Waals surface area (Å²) in [7, 11) is 1.62. The molecule has 0 unspecified atom stereocenters. The highest BCUT2D eigenvalue weighted by molar-refractivity contribution is 5.65. The molecule has 0 saturated carbocycles. The van der Waals surface area contributed by atoms with Crippen molar-refractivity contribution < 1.29 is 9.84 Å². The van der Waals surface area contributed by atoms with Crippen molar-refractivity contribution in [3.05, 3.63) is 42.1 Å². The molecule has 0 radical (unpaired) electrons. The highest BCUT2D eigenvalue weighted by Gasteiger charge is 1.98. The van der Waals surface area contributed by atoms with Gasteiger partial charge in [-0.05, 0) is 17.7 Å². The van der Waals surface area contributed by atoms with Crippen molar-refractivity contribution in [1.82, 2.24) is 0 Å². The summed E-state index contributed by atoms with van der Waals surface area (Å²) in [5, 5.41) is 8.94. The predicted molar refractivity (Wildman–Crippen MR) is 52.6 cm³/mol. The first-order chi connectivity index (χ1) is 6.31. The Morgan fingerprint density at radius 3 is 2.46 bits per heavy atom.